The van der Waals surface area contributed by atoms with Crippen LogP contribution in [0.4, 0.5) is 0 Å². The second-order valence-corrected chi connectivity index (χ2v) is 18.7. The van der Waals surface area contributed by atoms with Gasteiger partial charge in [0.05, 0.1) is 0 Å². The van der Waals surface area contributed by atoms with Crippen molar-refractivity contribution in [2.75, 3.05) is 6.16 Å². The number of rotatable bonds is 7. The summed E-state index contributed by atoms with van der Waals surface area (Å²) in [5, 5.41) is 0.546. The summed E-state index contributed by atoms with van der Waals surface area (Å²) in [7, 11) is 0. The Morgan fingerprint density at radius 1 is 0.447 bits per heavy atom. The van der Waals surface area contributed by atoms with Gasteiger partial charge in [-0.05, 0) is 0 Å². The summed E-state index contributed by atoms with van der Waals surface area (Å²) >= 11 is 4.55. The first kappa shape index (κ1) is 25.2. The molecule has 2 nitrogen and oxygen atoms in total. The molecule has 1 saturated heterocycles. The number of benzene rings is 5. The monoisotopic (exact) mass is 580 g/mol. The third-order valence-electron chi connectivity index (χ3n) is 7.50. The molecule has 0 bridgehead atoms. The van der Waals surface area contributed by atoms with Crippen LogP contribution in [0.15, 0.2) is 152 Å². The van der Waals surface area contributed by atoms with E-state index in [0.29, 0.717) is 6.16 Å². The Kier molecular flexibility index (Phi) is 7.03. The molecule has 0 spiro atoms. The fourth-order valence-electron chi connectivity index (χ4n) is 5.64. The molecule has 190 valence electrons. The van der Waals surface area contributed by atoms with E-state index >= 15 is 0 Å². The molecule has 4 heteroatoms. The second-order valence-electron chi connectivity index (χ2n) is 9.74. The Hall–Kier alpha value is -3.07. The van der Waals surface area contributed by atoms with Crippen LogP contribution in [0.25, 0.3) is 0 Å². The molecule has 0 radical (unpaired) electrons. The fourth-order valence-corrected chi connectivity index (χ4v) is 13.1. The molecule has 38 heavy (non-hydrogen) atoms. The van der Waals surface area contributed by atoms with Crippen molar-refractivity contribution in [3.05, 3.63) is 163 Å². The molecule has 0 saturated carbocycles. The molecule has 6 rings (SSSR count). The number of halogens is 1. The predicted molar refractivity (Wildman–Crippen MR) is 163 cm³/mol. The zero-order valence-electron chi connectivity index (χ0n) is 21.0. The first-order valence-corrected chi connectivity index (χ1v) is 17.4. The van der Waals surface area contributed by atoms with Crippen molar-refractivity contribution < 1.29 is 9.47 Å². The Balaban J connectivity index is 1.51. The van der Waals surface area contributed by atoms with Gasteiger partial charge in [-0.3, -0.25) is 0 Å². The molecular formula is C34H30BrO2P. The van der Waals surface area contributed by atoms with E-state index in [9.17, 15) is 0 Å². The number of hydrogen-bond acceptors (Lipinski definition) is 2. The summed E-state index contributed by atoms with van der Waals surface area (Å²) in [6, 6.07) is 53.3. The van der Waals surface area contributed by atoms with Crippen molar-refractivity contribution in [3.8, 4) is 0 Å². The molecule has 5 aromatic rings. The molecule has 0 aliphatic carbocycles. The quantitative estimate of drug-likeness (QED) is 0.184. The standard InChI is InChI=1S/C34H30BrO2P/c35-38(29-20-10-3-11-21-29,30-22-12-4-13-23-30,31-24-14-5-15-25-31)26-32-36-33(27-16-6-1-7-17-27)34(37-32)28-18-8-2-9-19-28/h1-25,32-34H,26H2/t33-,34-/m0/s1. The zero-order chi connectivity index (χ0) is 25.9. The molecule has 1 aliphatic rings. The topological polar surface area (TPSA) is 18.5 Å². The average Bonchev–Trinajstić information content (AvgIpc) is 3.43. The first-order chi connectivity index (χ1) is 18.7. The minimum atomic E-state index is -3.21. The Morgan fingerprint density at radius 3 is 1.05 bits per heavy atom. The van der Waals surface area contributed by atoms with Gasteiger partial charge in [0.1, 0.15) is 0 Å². The third kappa shape index (κ3) is 4.44. The molecule has 0 unspecified atom stereocenters. The van der Waals surface area contributed by atoms with Crippen LogP contribution >= 0.6 is 20.8 Å². The predicted octanol–water partition coefficient (Wildman–Crippen LogP) is 7.68. The van der Waals surface area contributed by atoms with Crippen LogP contribution in [0.3, 0.4) is 0 Å². The van der Waals surface area contributed by atoms with Gasteiger partial charge in [0.25, 0.3) is 0 Å². The summed E-state index contributed by atoms with van der Waals surface area (Å²) in [6.45, 7) is 0. The van der Waals surface area contributed by atoms with Crippen LogP contribution in [0.2, 0.25) is 0 Å². The van der Waals surface area contributed by atoms with Crippen molar-refractivity contribution >= 4 is 36.7 Å². The maximum absolute atomic E-state index is 6.88. The summed E-state index contributed by atoms with van der Waals surface area (Å²) in [4.78, 5) is 0. The second kappa shape index (κ2) is 10.6. The van der Waals surface area contributed by atoms with Crippen molar-refractivity contribution in [3.63, 3.8) is 0 Å². The van der Waals surface area contributed by atoms with Gasteiger partial charge < -0.3 is 0 Å². The molecule has 1 aliphatic heterocycles. The van der Waals surface area contributed by atoms with Gasteiger partial charge in [0, 0.05) is 0 Å². The van der Waals surface area contributed by atoms with Crippen LogP contribution < -0.4 is 15.9 Å². The summed E-state index contributed by atoms with van der Waals surface area (Å²) in [5.41, 5.74) is 2.25. The normalized spacial score (nSPS) is 19.0. The SMILES string of the molecule is BrP(CC1O[C@@H](c2ccccc2)[C@H](c2ccccc2)O1)(c1ccccc1)(c1ccccc1)c1ccccc1. The van der Waals surface area contributed by atoms with Gasteiger partial charge in [-0.25, -0.2) is 0 Å². The summed E-state index contributed by atoms with van der Waals surface area (Å²) in [6.07, 6.45) is -0.168. The molecule has 0 aromatic heterocycles. The molecule has 1 fully saturated rings. The van der Waals surface area contributed by atoms with Gasteiger partial charge in [0.2, 0.25) is 0 Å². The maximum atomic E-state index is 6.88. The van der Waals surface area contributed by atoms with Gasteiger partial charge in [0.15, 0.2) is 0 Å². The van der Waals surface area contributed by atoms with E-state index in [-0.39, 0.29) is 12.2 Å². The van der Waals surface area contributed by atoms with E-state index < -0.39 is 11.6 Å². The van der Waals surface area contributed by atoms with Crippen LogP contribution in [0.1, 0.15) is 23.3 Å². The van der Waals surface area contributed by atoms with E-state index in [4.69, 9.17) is 9.47 Å². The van der Waals surface area contributed by atoms with Crippen LogP contribution in [-0.2, 0) is 9.47 Å². The van der Waals surface area contributed by atoms with Crippen molar-refractivity contribution in [2.24, 2.45) is 0 Å². The average molecular weight is 581 g/mol. The van der Waals surface area contributed by atoms with Crippen molar-refractivity contribution in [1.82, 2.24) is 0 Å². The van der Waals surface area contributed by atoms with Crippen LogP contribution in [0.5, 0.6) is 0 Å². The molecule has 1 heterocycles. The van der Waals surface area contributed by atoms with Gasteiger partial charge in [-0.15, -0.1) is 0 Å². The van der Waals surface area contributed by atoms with Gasteiger partial charge in [-0.1, -0.05) is 0 Å². The molecule has 0 N–H and O–H groups in total. The Bertz CT molecular complexity index is 1320. The van der Waals surface area contributed by atoms with Gasteiger partial charge in [-0.2, -0.15) is 0 Å². The first-order valence-electron chi connectivity index (χ1n) is 13.0. The van der Waals surface area contributed by atoms with E-state index in [1.165, 1.54) is 15.9 Å². The van der Waals surface area contributed by atoms with Gasteiger partial charge >= 0.3 is 234 Å². The van der Waals surface area contributed by atoms with E-state index in [2.05, 4.69) is 155 Å². The molecule has 2 atom stereocenters. The van der Waals surface area contributed by atoms with E-state index in [1.54, 1.807) is 0 Å². The number of ether oxygens (including phenoxy) is 2. The third-order valence-corrected chi connectivity index (χ3v) is 17.2. The summed E-state index contributed by atoms with van der Waals surface area (Å²) in [5.74, 6) is 0. The zero-order valence-corrected chi connectivity index (χ0v) is 23.5. The van der Waals surface area contributed by atoms with Crippen LogP contribution in [-0.4, -0.2) is 12.5 Å². The molecule has 5 aromatic carbocycles. The number of hydrogen-bond donors (Lipinski definition) is 0. The van der Waals surface area contributed by atoms with Crippen LogP contribution in [0, 0.1) is 0 Å². The summed E-state index contributed by atoms with van der Waals surface area (Å²) < 4.78 is 13.8. The Morgan fingerprint density at radius 2 is 0.737 bits per heavy atom. The molecule has 0 amide bonds. The van der Waals surface area contributed by atoms with Crippen molar-refractivity contribution in [1.29, 1.82) is 0 Å². The Labute approximate surface area is 232 Å². The van der Waals surface area contributed by atoms with Crippen molar-refractivity contribution in [2.45, 2.75) is 18.5 Å². The molecular weight excluding hydrogens is 551 g/mol. The minimum absolute atomic E-state index is 0.202. The van der Waals surface area contributed by atoms with E-state index in [0.717, 1.165) is 11.1 Å². The fraction of sp³-hybridized carbons (Fsp3) is 0.118. The van der Waals surface area contributed by atoms with E-state index in [1.807, 2.05) is 12.1 Å².